The third kappa shape index (κ3) is 8.53. The number of likely N-dealkylation sites (N-methyl/N-ethyl adjacent to an activating group) is 1. The average Bonchev–Trinajstić information content (AvgIpc) is 3.41. The van der Waals surface area contributed by atoms with Crippen LogP contribution in [0.25, 0.3) is 10.9 Å². The number of ether oxygens (including phenoxy) is 2. The summed E-state index contributed by atoms with van der Waals surface area (Å²) < 4.78 is 53.2. The number of nitrogens with zero attached hydrogens (tertiary/aromatic N) is 1. The molecule has 14 heteroatoms. The second-order valence-corrected chi connectivity index (χ2v) is 9.81. The maximum absolute atomic E-state index is 14.4. The SMILES string of the molecule is CNC(=O)/C=C/CC[C@H](NC(=O)OC)C(=O)Nc1cccn(Cc2cc3cc(F)cc(OCc4ccc(F)cc4F)c3[nH]2)c1=O. The van der Waals surface area contributed by atoms with Crippen molar-refractivity contribution >= 4 is 34.5 Å². The summed E-state index contributed by atoms with van der Waals surface area (Å²) >= 11 is 0. The smallest absolute Gasteiger partial charge is 0.407 e. The summed E-state index contributed by atoms with van der Waals surface area (Å²) in [5, 5.41) is 7.80. The van der Waals surface area contributed by atoms with Crippen LogP contribution in [0.5, 0.6) is 5.75 Å². The third-order valence-electron chi connectivity index (χ3n) is 6.66. The standard InChI is InChI=1S/C31H30F3N5O6/c1-35-27(40)8-4-3-6-24(38-31(43)44-2)29(41)37-25-7-5-11-39(30(25)42)16-22-13-19-12-21(33)15-26(28(19)36-22)45-17-18-9-10-20(32)14-23(18)34/h4-5,7-15,24,36H,3,6,16-17H2,1-2H3,(H,35,40)(H,37,41)(H,38,43)/b8-4+/t24-/m0/s1. The number of hydrogen-bond donors (Lipinski definition) is 4. The first-order chi connectivity index (χ1) is 21.6. The normalized spacial score (nSPS) is 11.8. The van der Waals surface area contributed by atoms with Gasteiger partial charge < -0.3 is 35.0 Å². The van der Waals surface area contributed by atoms with Crippen LogP contribution in [0, 0.1) is 17.5 Å². The molecular formula is C31H30F3N5O6. The topological polar surface area (TPSA) is 144 Å². The molecule has 45 heavy (non-hydrogen) atoms. The number of anilines is 1. The summed E-state index contributed by atoms with van der Waals surface area (Å²) in [7, 11) is 2.61. The summed E-state index contributed by atoms with van der Waals surface area (Å²) in [4.78, 5) is 52.6. The van der Waals surface area contributed by atoms with E-state index in [-0.39, 0.29) is 48.9 Å². The van der Waals surface area contributed by atoms with Crippen molar-refractivity contribution < 1.29 is 37.0 Å². The molecule has 0 aliphatic heterocycles. The van der Waals surface area contributed by atoms with E-state index in [4.69, 9.17) is 4.74 Å². The Morgan fingerprint density at radius 1 is 1.07 bits per heavy atom. The molecule has 236 valence electrons. The molecule has 0 unspecified atom stereocenters. The number of benzene rings is 2. The summed E-state index contributed by atoms with van der Waals surface area (Å²) in [6, 6.07) is 8.92. The quantitative estimate of drug-likeness (QED) is 0.175. The second kappa shape index (κ2) is 14.8. The number of aromatic amines is 1. The number of amides is 3. The van der Waals surface area contributed by atoms with Crippen molar-refractivity contribution in [1.29, 1.82) is 0 Å². The summed E-state index contributed by atoms with van der Waals surface area (Å²) in [5.41, 5.74) is 0.346. The fourth-order valence-electron chi connectivity index (χ4n) is 4.39. The van der Waals surface area contributed by atoms with Crippen molar-refractivity contribution in [2.75, 3.05) is 19.5 Å². The van der Waals surface area contributed by atoms with Gasteiger partial charge in [-0.2, -0.15) is 0 Å². The van der Waals surface area contributed by atoms with E-state index in [2.05, 4.69) is 25.7 Å². The number of nitrogens with one attached hydrogen (secondary N) is 4. The number of hydrogen-bond acceptors (Lipinski definition) is 6. The zero-order chi connectivity index (χ0) is 32.5. The predicted octanol–water partition coefficient (Wildman–Crippen LogP) is 4.12. The fourth-order valence-corrected chi connectivity index (χ4v) is 4.39. The number of fused-ring (bicyclic) bond motifs is 1. The highest BCUT2D eigenvalue weighted by atomic mass is 19.1. The van der Waals surface area contributed by atoms with Crippen LogP contribution in [0.3, 0.4) is 0 Å². The van der Waals surface area contributed by atoms with Crippen LogP contribution in [0.2, 0.25) is 0 Å². The van der Waals surface area contributed by atoms with Crippen LogP contribution in [-0.4, -0.2) is 47.7 Å². The molecule has 0 fully saturated rings. The van der Waals surface area contributed by atoms with Gasteiger partial charge >= 0.3 is 6.09 Å². The van der Waals surface area contributed by atoms with Gasteiger partial charge in [0.1, 0.15) is 41.5 Å². The number of halogens is 3. The Morgan fingerprint density at radius 2 is 1.87 bits per heavy atom. The van der Waals surface area contributed by atoms with Gasteiger partial charge in [-0.25, -0.2) is 18.0 Å². The van der Waals surface area contributed by atoms with E-state index in [1.807, 2.05) is 0 Å². The Labute approximate surface area is 255 Å². The number of rotatable bonds is 12. The first-order valence-electron chi connectivity index (χ1n) is 13.7. The third-order valence-corrected chi connectivity index (χ3v) is 6.66. The number of carbonyl (C=O) groups is 3. The highest BCUT2D eigenvalue weighted by Crippen LogP contribution is 2.29. The van der Waals surface area contributed by atoms with Crippen molar-refractivity contribution in [1.82, 2.24) is 20.2 Å². The van der Waals surface area contributed by atoms with Crippen molar-refractivity contribution in [2.24, 2.45) is 0 Å². The Bertz CT molecular complexity index is 1800. The van der Waals surface area contributed by atoms with Gasteiger partial charge in [0, 0.05) is 42.0 Å². The maximum Gasteiger partial charge on any atom is 0.407 e. The van der Waals surface area contributed by atoms with Crippen molar-refractivity contribution in [3.05, 3.63) is 106 Å². The minimum atomic E-state index is -1.08. The van der Waals surface area contributed by atoms with E-state index in [0.717, 1.165) is 25.3 Å². The van der Waals surface area contributed by atoms with Crippen LogP contribution >= 0.6 is 0 Å². The lowest BCUT2D eigenvalue weighted by atomic mass is 10.1. The summed E-state index contributed by atoms with van der Waals surface area (Å²) in [5.74, 6) is -3.06. The Morgan fingerprint density at radius 3 is 2.60 bits per heavy atom. The minimum Gasteiger partial charge on any atom is -0.486 e. The number of allylic oxidation sites excluding steroid dienone is 1. The molecule has 0 spiro atoms. The van der Waals surface area contributed by atoms with Gasteiger partial charge in [0.25, 0.3) is 5.56 Å². The summed E-state index contributed by atoms with van der Waals surface area (Å²) in [6.07, 6.45) is 3.85. The highest BCUT2D eigenvalue weighted by molar-refractivity contribution is 5.96. The Kier molecular flexibility index (Phi) is 10.6. The lowest BCUT2D eigenvalue weighted by Crippen LogP contribution is -2.44. The fraction of sp³-hybridized carbons (Fsp3) is 0.226. The molecule has 2 heterocycles. The average molecular weight is 626 g/mol. The number of H-pyrrole nitrogens is 1. The molecule has 0 saturated carbocycles. The van der Waals surface area contributed by atoms with E-state index in [1.54, 1.807) is 12.1 Å². The van der Waals surface area contributed by atoms with E-state index in [1.165, 1.54) is 48.2 Å². The minimum absolute atomic E-state index is 0.000992. The molecule has 0 bridgehead atoms. The number of methoxy groups -OCH3 is 1. The van der Waals surface area contributed by atoms with E-state index in [9.17, 15) is 32.3 Å². The first kappa shape index (κ1) is 32.4. The van der Waals surface area contributed by atoms with Crippen LogP contribution < -0.4 is 26.2 Å². The van der Waals surface area contributed by atoms with E-state index in [0.29, 0.717) is 16.6 Å². The first-order valence-corrected chi connectivity index (χ1v) is 13.7. The predicted molar refractivity (Wildman–Crippen MR) is 159 cm³/mol. The number of pyridine rings is 1. The van der Waals surface area contributed by atoms with Crippen molar-refractivity contribution in [2.45, 2.75) is 32.0 Å². The largest absolute Gasteiger partial charge is 0.486 e. The van der Waals surface area contributed by atoms with Crippen LogP contribution in [-0.2, 0) is 27.5 Å². The number of carbonyl (C=O) groups excluding carboxylic acids is 3. The molecule has 0 aliphatic carbocycles. The van der Waals surface area contributed by atoms with Gasteiger partial charge in [0.05, 0.1) is 19.2 Å². The van der Waals surface area contributed by atoms with Crippen molar-refractivity contribution in [3.8, 4) is 5.75 Å². The lowest BCUT2D eigenvalue weighted by Gasteiger charge is -2.17. The zero-order valence-corrected chi connectivity index (χ0v) is 24.3. The molecule has 1 atom stereocenters. The Balaban J connectivity index is 1.50. The van der Waals surface area contributed by atoms with Gasteiger partial charge in [-0.15, -0.1) is 0 Å². The molecule has 0 radical (unpaired) electrons. The highest BCUT2D eigenvalue weighted by Gasteiger charge is 2.22. The van der Waals surface area contributed by atoms with Crippen LogP contribution in [0.1, 0.15) is 24.1 Å². The molecule has 4 aromatic rings. The van der Waals surface area contributed by atoms with Gasteiger partial charge in [0.2, 0.25) is 11.8 Å². The van der Waals surface area contributed by atoms with E-state index >= 15 is 0 Å². The molecule has 4 N–H and O–H groups in total. The van der Waals surface area contributed by atoms with Crippen LogP contribution in [0.15, 0.2) is 71.7 Å². The molecular weight excluding hydrogens is 595 g/mol. The van der Waals surface area contributed by atoms with Gasteiger partial charge in [0.15, 0.2) is 0 Å². The zero-order valence-electron chi connectivity index (χ0n) is 24.3. The summed E-state index contributed by atoms with van der Waals surface area (Å²) in [6.45, 7) is -0.282. The molecule has 2 aromatic heterocycles. The lowest BCUT2D eigenvalue weighted by molar-refractivity contribution is -0.118. The van der Waals surface area contributed by atoms with Crippen molar-refractivity contribution in [3.63, 3.8) is 0 Å². The van der Waals surface area contributed by atoms with Crippen LogP contribution in [0.4, 0.5) is 23.7 Å². The van der Waals surface area contributed by atoms with Gasteiger partial charge in [-0.05, 0) is 55.3 Å². The maximum atomic E-state index is 14.4. The van der Waals surface area contributed by atoms with Gasteiger partial charge in [-0.1, -0.05) is 6.08 Å². The monoisotopic (exact) mass is 625 g/mol. The number of alkyl carbamates (subject to hydrolysis) is 1. The molecule has 0 aliphatic rings. The van der Waals surface area contributed by atoms with Gasteiger partial charge in [-0.3, -0.25) is 14.4 Å². The molecule has 4 rings (SSSR count). The molecule has 2 aromatic carbocycles. The molecule has 11 nitrogen and oxygen atoms in total. The van der Waals surface area contributed by atoms with E-state index < -0.39 is 41.1 Å². The molecule has 0 saturated heterocycles. The molecule has 3 amide bonds. The Hall–Kier alpha value is -5.53. The second-order valence-electron chi connectivity index (χ2n) is 9.81. The number of aromatic nitrogens is 2.